The molecule has 3 aromatic rings. The summed E-state index contributed by atoms with van der Waals surface area (Å²) in [5, 5.41) is 3.81. The number of anilines is 1. The molecule has 0 fully saturated rings. The summed E-state index contributed by atoms with van der Waals surface area (Å²) >= 11 is 0. The normalized spacial score (nSPS) is 12.6. The fourth-order valence-electron chi connectivity index (χ4n) is 3.98. The molecule has 26 heavy (non-hydrogen) atoms. The molecular weight excluding hydrogens is 318 g/mol. The summed E-state index contributed by atoms with van der Waals surface area (Å²) < 4.78 is 2.18. The van der Waals surface area contributed by atoms with Crippen molar-refractivity contribution < 1.29 is 0 Å². The van der Waals surface area contributed by atoms with Gasteiger partial charge in [0.2, 0.25) is 0 Å². The van der Waals surface area contributed by atoms with E-state index in [1.807, 2.05) is 0 Å². The van der Waals surface area contributed by atoms with Crippen molar-refractivity contribution in [1.82, 2.24) is 9.38 Å². The number of pyridine rings is 1. The van der Waals surface area contributed by atoms with Gasteiger partial charge in [-0.3, -0.25) is 4.40 Å². The molecule has 0 saturated heterocycles. The highest BCUT2D eigenvalue weighted by molar-refractivity contribution is 5.79. The van der Waals surface area contributed by atoms with Crippen LogP contribution in [0.5, 0.6) is 0 Å². The predicted octanol–water partition coefficient (Wildman–Crippen LogP) is 6.24. The smallest absolute Gasteiger partial charge is 0.139 e. The lowest BCUT2D eigenvalue weighted by atomic mass is 9.82. The Labute approximate surface area is 157 Å². The number of rotatable bonds is 4. The summed E-state index contributed by atoms with van der Waals surface area (Å²) in [6.45, 7) is 15.7. The van der Waals surface area contributed by atoms with Gasteiger partial charge in [-0.1, -0.05) is 45.0 Å². The molecule has 138 valence electrons. The van der Waals surface area contributed by atoms with E-state index in [2.05, 4.69) is 101 Å². The van der Waals surface area contributed by atoms with Gasteiger partial charge in [0.15, 0.2) is 0 Å². The molecule has 0 aliphatic carbocycles. The number of fused-ring (bicyclic) bond motifs is 1. The van der Waals surface area contributed by atoms with Crippen LogP contribution < -0.4 is 5.32 Å². The van der Waals surface area contributed by atoms with Gasteiger partial charge in [0.1, 0.15) is 17.2 Å². The van der Waals surface area contributed by atoms with Crippen LogP contribution in [0.15, 0.2) is 42.6 Å². The maximum absolute atomic E-state index is 4.99. The van der Waals surface area contributed by atoms with E-state index < -0.39 is 0 Å². The molecule has 0 spiro atoms. The van der Waals surface area contributed by atoms with E-state index in [0.717, 1.165) is 23.6 Å². The number of aromatic nitrogens is 2. The van der Waals surface area contributed by atoms with Crippen molar-refractivity contribution in [2.45, 2.75) is 60.4 Å². The molecule has 3 nitrogen and oxygen atoms in total. The van der Waals surface area contributed by atoms with E-state index >= 15 is 0 Å². The largest absolute Gasteiger partial charge is 0.364 e. The molecule has 0 unspecified atom stereocenters. The molecule has 0 aliphatic rings. The third-order valence-electron chi connectivity index (χ3n) is 4.61. The second-order valence-corrected chi connectivity index (χ2v) is 9.30. The SMILES string of the molecule is Cc1ccn2c(NC(C)(C)CC(C)(C)C)c(-c3ccccc3C)nc2c1. The van der Waals surface area contributed by atoms with E-state index in [1.165, 1.54) is 16.7 Å². The molecule has 3 heteroatoms. The molecule has 0 amide bonds. The van der Waals surface area contributed by atoms with Gasteiger partial charge < -0.3 is 5.32 Å². The molecule has 2 aromatic heterocycles. The molecule has 0 atom stereocenters. The van der Waals surface area contributed by atoms with Gasteiger partial charge in [0, 0.05) is 17.3 Å². The van der Waals surface area contributed by atoms with Crippen molar-refractivity contribution >= 4 is 11.5 Å². The summed E-state index contributed by atoms with van der Waals surface area (Å²) in [5.74, 6) is 1.07. The minimum Gasteiger partial charge on any atom is -0.364 e. The van der Waals surface area contributed by atoms with Crippen molar-refractivity contribution in [3.05, 3.63) is 53.7 Å². The number of nitrogens with one attached hydrogen (secondary N) is 1. The molecule has 1 N–H and O–H groups in total. The topological polar surface area (TPSA) is 29.3 Å². The van der Waals surface area contributed by atoms with Crippen molar-refractivity contribution in [3.63, 3.8) is 0 Å². The second-order valence-electron chi connectivity index (χ2n) is 9.30. The van der Waals surface area contributed by atoms with Crippen LogP contribution >= 0.6 is 0 Å². The average Bonchev–Trinajstić information content (AvgIpc) is 2.82. The van der Waals surface area contributed by atoms with Crippen LogP contribution in [0.3, 0.4) is 0 Å². The van der Waals surface area contributed by atoms with Crippen molar-refractivity contribution in [1.29, 1.82) is 0 Å². The quantitative estimate of drug-likeness (QED) is 0.603. The Morgan fingerprint density at radius 1 is 1.00 bits per heavy atom. The van der Waals surface area contributed by atoms with E-state index in [4.69, 9.17) is 4.98 Å². The van der Waals surface area contributed by atoms with Gasteiger partial charge in [-0.05, 0) is 62.8 Å². The van der Waals surface area contributed by atoms with E-state index in [0.29, 0.717) is 0 Å². The summed E-state index contributed by atoms with van der Waals surface area (Å²) in [4.78, 5) is 4.99. The lowest BCUT2D eigenvalue weighted by Gasteiger charge is -2.34. The van der Waals surface area contributed by atoms with Gasteiger partial charge in [-0.15, -0.1) is 0 Å². The Kier molecular flexibility index (Phi) is 4.60. The highest BCUT2D eigenvalue weighted by atomic mass is 15.2. The van der Waals surface area contributed by atoms with Crippen LogP contribution in [0, 0.1) is 19.3 Å². The van der Waals surface area contributed by atoms with Crippen LogP contribution in [0.25, 0.3) is 16.9 Å². The zero-order valence-corrected chi connectivity index (χ0v) is 17.1. The van der Waals surface area contributed by atoms with Crippen LogP contribution in [0.2, 0.25) is 0 Å². The van der Waals surface area contributed by atoms with Gasteiger partial charge in [0.25, 0.3) is 0 Å². The third-order valence-corrected chi connectivity index (χ3v) is 4.61. The van der Waals surface area contributed by atoms with Gasteiger partial charge >= 0.3 is 0 Å². The lowest BCUT2D eigenvalue weighted by molar-refractivity contribution is 0.302. The highest BCUT2D eigenvalue weighted by Gasteiger charge is 2.28. The number of nitrogens with zero attached hydrogens (tertiary/aromatic N) is 2. The molecule has 0 saturated carbocycles. The number of hydrogen-bond donors (Lipinski definition) is 1. The Morgan fingerprint density at radius 3 is 2.35 bits per heavy atom. The van der Waals surface area contributed by atoms with Crippen LogP contribution in [0.1, 0.15) is 52.2 Å². The number of hydrogen-bond acceptors (Lipinski definition) is 2. The molecule has 0 aliphatic heterocycles. The monoisotopic (exact) mass is 349 g/mol. The maximum atomic E-state index is 4.99. The first-order valence-corrected chi connectivity index (χ1v) is 9.39. The molecule has 0 bridgehead atoms. The average molecular weight is 350 g/mol. The molecule has 3 rings (SSSR count). The standard InChI is InChI=1S/C23H31N3/c1-16-12-13-26-19(14-16)24-20(18-11-9-8-10-17(18)2)21(26)25-23(6,7)15-22(3,4)5/h8-14,25H,15H2,1-7H3. The second kappa shape index (κ2) is 6.46. The van der Waals surface area contributed by atoms with Gasteiger partial charge in [-0.25, -0.2) is 4.98 Å². The minimum atomic E-state index is -0.0451. The van der Waals surface area contributed by atoms with Crippen molar-refractivity contribution in [2.24, 2.45) is 5.41 Å². The van der Waals surface area contributed by atoms with Crippen molar-refractivity contribution in [3.8, 4) is 11.3 Å². The lowest BCUT2D eigenvalue weighted by Crippen LogP contribution is -2.36. The number of imidazole rings is 1. The number of benzene rings is 1. The van der Waals surface area contributed by atoms with Crippen LogP contribution in [0.4, 0.5) is 5.82 Å². The Morgan fingerprint density at radius 2 is 1.69 bits per heavy atom. The Bertz CT molecular complexity index is 926. The van der Waals surface area contributed by atoms with Crippen molar-refractivity contribution in [2.75, 3.05) is 5.32 Å². The summed E-state index contributed by atoms with van der Waals surface area (Å²) in [6, 6.07) is 12.7. The van der Waals surface area contributed by atoms with Gasteiger partial charge in [-0.2, -0.15) is 0 Å². The summed E-state index contributed by atoms with van der Waals surface area (Å²) in [7, 11) is 0. The Hall–Kier alpha value is -2.29. The van der Waals surface area contributed by atoms with Crippen LogP contribution in [-0.2, 0) is 0 Å². The maximum Gasteiger partial charge on any atom is 0.139 e. The fourth-order valence-corrected chi connectivity index (χ4v) is 3.98. The Balaban J connectivity index is 2.16. The first-order chi connectivity index (χ1) is 12.1. The number of aryl methyl sites for hydroxylation is 2. The van der Waals surface area contributed by atoms with E-state index in [9.17, 15) is 0 Å². The fraction of sp³-hybridized carbons (Fsp3) is 0.435. The first kappa shape index (κ1) is 18.5. The third kappa shape index (κ3) is 3.92. The molecule has 2 heterocycles. The summed E-state index contributed by atoms with van der Waals surface area (Å²) in [6.07, 6.45) is 3.18. The highest BCUT2D eigenvalue weighted by Crippen LogP contribution is 2.35. The van der Waals surface area contributed by atoms with E-state index in [-0.39, 0.29) is 11.0 Å². The summed E-state index contributed by atoms with van der Waals surface area (Å²) in [5.41, 5.74) is 5.85. The van der Waals surface area contributed by atoms with Crippen LogP contribution in [-0.4, -0.2) is 14.9 Å². The minimum absolute atomic E-state index is 0.0451. The molecule has 1 aromatic carbocycles. The molecule has 0 radical (unpaired) electrons. The first-order valence-electron chi connectivity index (χ1n) is 9.39. The predicted molar refractivity (Wildman–Crippen MR) is 112 cm³/mol. The zero-order chi connectivity index (χ0) is 19.1. The van der Waals surface area contributed by atoms with E-state index in [1.54, 1.807) is 0 Å². The van der Waals surface area contributed by atoms with Gasteiger partial charge in [0.05, 0.1) is 0 Å². The molecular formula is C23H31N3. The zero-order valence-electron chi connectivity index (χ0n) is 17.1.